The highest BCUT2D eigenvalue weighted by molar-refractivity contribution is 5.72. The summed E-state index contributed by atoms with van der Waals surface area (Å²) in [5.74, 6) is 1.33. The molecule has 0 amide bonds. The van der Waals surface area contributed by atoms with Crippen LogP contribution in [-0.2, 0) is 4.79 Å². The molecule has 0 aliphatic heterocycles. The smallest absolute Gasteiger partial charge is 0.310 e. The molecule has 0 aromatic heterocycles. The number of carbonyl (C=O) groups is 1. The average molecular weight is 286 g/mol. The fourth-order valence-electron chi connectivity index (χ4n) is 2.85. The zero-order valence-corrected chi connectivity index (χ0v) is 13.2. The molecule has 21 heavy (non-hydrogen) atoms. The van der Waals surface area contributed by atoms with E-state index in [4.69, 9.17) is 4.74 Å². The second-order valence-electron chi connectivity index (χ2n) is 5.86. The topological polar surface area (TPSA) is 26.3 Å². The first-order valence-electron chi connectivity index (χ1n) is 8.23. The highest BCUT2D eigenvalue weighted by atomic mass is 16.5. The van der Waals surface area contributed by atoms with E-state index in [2.05, 4.69) is 25.1 Å². The minimum atomic E-state index is -0.182. The Balaban J connectivity index is 1.93. The largest absolute Gasteiger partial charge is 0.427 e. The van der Waals surface area contributed by atoms with Crippen LogP contribution in [0.4, 0.5) is 0 Å². The van der Waals surface area contributed by atoms with E-state index in [9.17, 15) is 4.79 Å². The van der Waals surface area contributed by atoms with Gasteiger partial charge in [-0.2, -0.15) is 0 Å². The standard InChI is InChI=1S/C19H26O2/c1-3-5-6-15-7-9-16(10-8-15)17-11-13-18(14-12-17)21-19(20)4-2/h9,11-15H,3-8,10H2,1-2H3. The predicted octanol–water partition coefficient (Wildman–Crippen LogP) is 5.38. The summed E-state index contributed by atoms with van der Waals surface area (Å²) in [6, 6.07) is 7.92. The van der Waals surface area contributed by atoms with Crippen molar-refractivity contribution in [1.29, 1.82) is 0 Å². The van der Waals surface area contributed by atoms with Crippen LogP contribution in [0.5, 0.6) is 5.75 Å². The van der Waals surface area contributed by atoms with Gasteiger partial charge < -0.3 is 4.74 Å². The van der Waals surface area contributed by atoms with Gasteiger partial charge in [0.1, 0.15) is 5.75 Å². The lowest BCUT2D eigenvalue weighted by Gasteiger charge is -2.22. The fourth-order valence-corrected chi connectivity index (χ4v) is 2.85. The number of ether oxygens (including phenoxy) is 1. The molecule has 1 aliphatic carbocycles. The molecule has 1 aliphatic rings. The molecule has 1 aromatic carbocycles. The molecule has 2 nitrogen and oxygen atoms in total. The van der Waals surface area contributed by atoms with E-state index < -0.39 is 0 Å². The quantitative estimate of drug-likeness (QED) is 0.518. The molecule has 114 valence electrons. The van der Waals surface area contributed by atoms with Crippen molar-refractivity contribution in [2.24, 2.45) is 5.92 Å². The van der Waals surface area contributed by atoms with Gasteiger partial charge in [0, 0.05) is 6.42 Å². The van der Waals surface area contributed by atoms with Crippen LogP contribution in [0.2, 0.25) is 0 Å². The van der Waals surface area contributed by atoms with Crippen molar-refractivity contribution in [2.45, 2.75) is 58.8 Å². The van der Waals surface area contributed by atoms with Gasteiger partial charge in [0.25, 0.3) is 0 Å². The summed E-state index contributed by atoms with van der Waals surface area (Å²) in [4.78, 5) is 11.3. The normalized spacial score (nSPS) is 18.2. The van der Waals surface area contributed by atoms with Crippen LogP contribution >= 0.6 is 0 Å². The summed E-state index contributed by atoms with van der Waals surface area (Å²) >= 11 is 0. The van der Waals surface area contributed by atoms with Crippen molar-refractivity contribution in [1.82, 2.24) is 0 Å². The molecule has 0 saturated carbocycles. The van der Waals surface area contributed by atoms with Crippen molar-refractivity contribution < 1.29 is 9.53 Å². The number of benzene rings is 1. The van der Waals surface area contributed by atoms with Gasteiger partial charge in [-0.05, 0) is 48.4 Å². The summed E-state index contributed by atoms with van der Waals surface area (Å²) in [6.45, 7) is 4.06. The maximum absolute atomic E-state index is 11.3. The van der Waals surface area contributed by atoms with Crippen molar-refractivity contribution in [3.8, 4) is 5.75 Å². The second kappa shape index (κ2) is 8.02. The number of esters is 1. The number of allylic oxidation sites excluding steroid dienone is 2. The van der Waals surface area contributed by atoms with Gasteiger partial charge in [0.15, 0.2) is 0 Å². The van der Waals surface area contributed by atoms with Gasteiger partial charge in [-0.3, -0.25) is 4.79 Å². The van der Waals surface area contributed by atoms with Crippen molar-refractivity contribution in [3.63, 3.8) is 0 Å². The van der Waals surface area contributed by atoms with Gasteiger partial charge >= 0.3 is 5.97 Å². The van der Waals surface area contributed by atoms with Gasteiger partial charge in [-0.1, -0.05) is 51.3 Å². The van der Waals surface area contributed by atoms with E-state index >= 15 is 0 Å². The van der Waals surface area contributed by atoms with E-state index in [-0.39, 0.29) is 5.97 Å². The molecule has 0 N–H and O–H groups in total. The van der Waals surface area contributed by atoms with Crippen LogP contribution in [-0.4, -0.2) is 5.97 Å². The Morgan fingerprint density at radius 2 is 2.00 bits per heavy atom. The molecule has 1 unspecified atom stereocenters. The monoisotopic (exact) mass is 286 g/mol. The van der Waals surface area contributed by atoms with Crippen molar-refractivity contribution >= 4 is 11.5 Å². The van der Waals surface area contributed by atoms with Crippen LogP contribution in [0.25, 0.3) is 5.57 Å². The Hall–Kier alpha value is -1.57. The third kappa shape index (κ3) is 4.73. The van der Waals surface area contributed by atoms with Gasteiger partial charge in [0.2, 0.25) is 0 Å². The highest BCUT2D eigenvalue weighted by Crippen LogP contribution is 2.33. The molecule has 0 heterocycles. The van der Waals surface area contributed by atoms with Gasteiger partial charge in [0.05, 0.1) is 0 Å². The Morgan fingerprint density at radius 3 is 2.57 bits per heavy atom. The summed E-state index contributed by atoms with van der Waals surface area (Å²) in [5.41, 5.74) is 2.70. The molecule has 0 fully saturated rings. The SMILES string of the molecule is CCCCC1CC=C(c2ccc(OC(=O)CC)cc2)CC1. The zero-order valence-electron chi connectivity index (χ0n) is 13.2. The molecule has 0 spiro atoms. The van der Waals surface area contributed by atoms with Crippen LogP contribution in [0.3, 0.4) is 0 Å². The van der Waals surface area contributed by atoms with E-state index in [1.54, 1.807) is 6.92 Å². The van der Waals surface area contributed by atoms with Crippen molar-refractivity contribution in [3.05, 3.63) is 35.9 Å². The average Bonchev–Trinajstić information content (AvgIpc) is 2.54. The van der Waals surface area contributed by atoms with Crippen LogP contribution in [0.1, 0.15) is 64.4 Å². The van der Waals surface area contributed by atoms with E-state index in [1.807, 2.05) is 12.1 Å². The first-order chi connectivity index (χ1) is 10.2. The summed E-state index contributed by atoms with van der Waals surface area (Å²) in [7, 11) is 0. The van der Waals surface area contributed by atoms with Crippen LogP contribution < -0.4 is 4.74 Å². The van der Waals surface area contributed by atoms with Gasteiger partial charge in [-0.15, -0.1) is 0 Å². The number of unbranched alkanes of at least 4 members (excludes halogenated alkanes) is 1. The minimum absolute atomic E-state index is 0.182. The molecule has 2 rings (SSSR count). The number of hydrogen-bond donors (Lipinski definition) is 0. The summed E-state index contributed by atoms with van der Waals surface area (Å²) in [6.07, 6.45) is 10.5. The summed E-state index contributed by atoms with van der Waals surface area (Å²) in [5, 5.41) is 0. The highest BCUT2D eigenvalue weighted by Gasteiger charge is 2.15. The maximum Gasteiger partial charge on any atom is 0.310 e. The van der Waals surface area contributed by atoms with Crippen molar-refractivity contribution in [2.75, 3.05) is 0 Å². The number of hydrogen-bond acceptors (Lipinski definition) is 2. The Bertz CT molecular complexity index is 485. The van der Waals surface area contributed by atoms with Crippen LogP contribution in [0, 0.1) is 5.92 Å². The number of rotatable bonds is 6. The molecule has 1 atom stereocenters. The van der Waals surface area contributed by atoms with Gasteiger partial charge in [-0.25, -0.2) is 0 Å². The van der Waals surface area contributed by atoms with Crippen LogP contribution in [0.15, 0.2) is 30.3 Å². The fraction of sp³-hybridized carbons (Fsp3) is 0.526. The molecule has 1 aromatic rings. The molecule has 0 saturated heterocycles. The molecule has 0 bridgehead atoms. The predicted molar refractivity (Wildman–Crippen MR) is 87.2 cm³/mol. The zero-order chi connectivity index (χ0) is 15.1. The minimum Gasteiger partial charge on any atom is -0.427 e. The second-order valence-corrected chi connectivity index (χ2v) is 5.86. The third-order valence-corrected chi connectivity index (χ3v) is 4.23. The molecule has 2 heteroatoms. The first kappa shape index (κ1) is 15.8. The lowest BCUT2D eigenvalue weighted by atomic mass is 9.84. The molecular formula is C19H26O2. The first-order valence-corrected chi connectivity index (χ1v) is 8.23. The molecule has 0 radical (unpaired) electrons. The third-order valence-electron chi connectivity index (χ3n) is 4.23. The summed E-state index contributed by atoms with van der Waals surface area (Å²) < 4.78 is 5.21. The lowest BCUT2D eigenvalue weighted by molar-refractivity contribution is -0.134. The maximum atomic E-state index is 11.3. The Kier molecular flexibility index (Phi) is 6.04. The lowest BCUT2D eigenvalue weighted by Crippen LogP contribution is -2.06. The van der Waals surface area contributed by atoms with E-state index in [0.29, 0.717) is 12.2 Å². The Labute approximate surface area is 128 Å². The molecular weight excluding hydrogens is 260 g/mol. The van der Waals surface area contributed by atoms with E-state index in [1.165, 1.54) is 49.7 Å². The Morgan fingerprint density at radius 1 is 1.24 bits per heavy atom. The van der Waals surface area contributed by atoms with E-state index in [0.717, 1.165) is 5.92 Å². The number of carbonyl (C=O) groups excluding carboxylic acids is 1.